The minimum Gasteiger partial charge on any atom is -0.467 e. The highest BCUT2D eigenvalue weighted by molar-refractivity contribution is 8.15. The van der Waals surface area contributed by atoms with Gasteiger partial charge in [0.15, 0.2) is 16.1 Å². The van der Waals surface area contributed by atoms with Crippen molar-refractivity contribution < 1.29 is 18.8 Å². The van der Waals surface area contributed by atoms with Gasteiger partial charge in [-0.3, -0.25) is 19.3 Å². The fraction of sp³-hybridized carbons (Fsp3) is 0.211. The van der Waals surface area contributed by atoms with Crippen molar-refractivity contribution >= 4 is 51.5 Å². The summed E-state index contributed by atoms with van der Waals surface area (Å²) in [5.41, 5.74) is 0.564. The van der Waals surface area contributed by atoms with E-state index in [9.17, 15) is 14.4 Å². The summed E-state index contributed by atoms with van der Waals surface area (Å²) in [6.07, 6.45) is 1.59. The van der Waals surface area contributed by atoms with E-state index in [-0.39, 0.29) is 30.6 Å². The average molecular weight is 428 g/mol. The lowest BCUT2D eigenvalue weighted by Gasteiger charge is -2.14. The largest absolute Gasteiger partial charge is 0.467 e. The van der Waals surface area contributed by atoms with Crippen LogP contribution in [0.15, 0.2) is 63.3 Å². The number of rotatable bonds is 6. The number of Topliss-reactive ketones (excluding diaryl/α,β-unsaturated/α-hetero) is 1. The highest BCUT2D eigenvalue weighted by Gasteiger charge is 2.40. The molecule has 1 aromatic heterocycles. The van der Waals surface area contributed by atoms with Gasteiger partial charge in [-0.15, -0.1) is 10.2 Å². The average Bonchev–Trinajstić information content (AvgIpc) is 3.45. The van der Waals surface area contributed by atoms with Crippen LogP contribution in [0, 0.1) is 0 Å². The number of hydrogen-bond acceptors (Lipinski definition) is 8. The van der Waals surface area contributed by atoms with E-state index >= 15 is 0 Å². The van der Waals surface area contributed by atoms with Crippen LogP contribution in [-0.2, 0) is 16.1 Å². The zero-order valence-electron chi connectivity index (χ0n) is 15.1. The summed E-state index contributed by atoms with van der Waals surface area (Å²) in [5, 5.41) is 11.0. The van der Waals surface area contributed by atoms with Gasteiger partial charge in [-0.25, -0.2) is 0 Å². The van der Waals surface area contributed by atoms with E-state index in [1.807, 2.05) is 6.07 Å². The maximum absolute atomic E-state index is 13.0. The molecule has 2 fully saturated rings. The molecule has 0 aliphatic carbocycles. The molecular weight excluding hydrogens is 412 g/mol. The lowest BCUT2D eigenvalue weighted by atomic mass is 10.1. The van der Waals surface area contributed by atoms with Gasteiger partial charge in [0.1, 0.15) is 5.76 Å². The van der Waals surface area contributed by atoms with Crippen LogP contribution in [-0.4, -0.2) is 43.8 Å². The zero-order chi connectivity index (χ0) is 20.2. The summed E-state index contributed by atoms with van der Waals surface area (Å²) >= 11 is 2.44. The molecular formula is C19H16N4O4S2. The molecule has 10 heteroatoms. The minimum atomic E-state index is -0.595. The van der Waals surface area contributed by atoms with Crippen LogP contribution in [0.5, 0.6) is 0 Å². The Kier molecular flexibility index (Phi) is 5.81. The summed E-state index contributed by atoms with van der Waals surface area (Å²) in [7, 11) is 0. The standard InChI is InChI=1S/C19H16N4O4S2/c24-14(12-5-2-1-3-6-12)9-15-17(26)23(10-13-7-4-8-27-13)19(29-15)22-21-18-20-16(25)11-28-18/h1-8,15H,9-11H2,(H,20,21,25)/b22-19+/t15-/m0/s1. The fourth-order valence-electron chi connectivity index (χ4n) is 2.80. The summed E-state index contributed by atoms with van der Waals surface area (Å²) in [4.78, 5) is 38.3. The number of amides is 2. The van der Waals surface area contributed by atoms with E-state index in [4.69, 9.17) is 4.42 Å². The second-order valence-corrected chi connectivity index (χ2v) is 8.36. The SMILES string of the molecule is O=C1CSC(=N/N=C2/S[C@@H](CC(=O)c3ccccc3)C(=O)N2Cc2ccco2)N1. The van der Waals surface area contributed by atoms with Gasteiger partial charge < -0.3 is 9.73 Å². The third kappa shape index (κ3) is 4.60. The number of ketones is 1. The van der Waals surface area contributed by atoms with Gasteiger partial charge >= 0.3 is 0 Å². The van der Waals surface area contributed by atoms with E-state index in [1.54, 1.807) is 36.4 Å². The molecule has 2 aliphatic rings. The van der Waals surface area contributed by atoms with E-state index in [0.717, 1.165) is 0 Å². The van der Waals surface area contributed by atoms with Crippen molar-refractivity contribution in [1.82, 2.24) is 10.2 Å². The van der Waals surface area contributed by atoms with Crippen LogP contribution < -0.4 is 5.32 Å². The highest BCUT2D eigenvalue weighted by atomic mass is 32.2. The number of carbonyl (C=O) groups excluding carboxylic acids is 3. The Balaban J connectivity index is 1.54. The quantitative estimate of drug-likeness (QED) is 0.560. The molecule has 2 amide bonds. The maximum atomic E-state index is 13.0. The number of amidine groups is 2. The first-order valence-electron chi connectivity index (χ1n) is 8.77. The zero-order valence-corrected chi connectivity index (χ0v) is 16.7. The fourth-order valence-corrected chi connectivity index (χ4v) is 4.51. The van der Waals surface area contributed by atoms with Crippen molar-refractivity contribution in [3.05, 3.63) is 60.1 Å². The first-order valence-corrected chi connectivity index (χ1v) is 10.6. The van der Waals surface area contributed by atoms with Gasteiger partial charge in [0.2, 0.25) is 11.8 Å². The third-order valence-electron chi connectivity index (χ3n) is 4.19. The van der Waals surface area contributed by atoms with Crippen molar-refractivity contribution in [2.75, 3.05) is 5.75 Å². The number of hydrogen-bond donors (Lipinski definition) is 1. The van der Waals surface area contributed by atoms with E-state index in [0.29, 0.717) is 27.4 Å². The van der Waals surface area contributed by atoms with Crippen molar-refractivity contribution in [2.45, 2.75) is 18.2 Å². The lowest BCUT2D eigenvalue weighted by Crippen LogP contribution is -2.32. The summed E-state index contributed by atoms with van der Waals surface area (Å²) < 4.78 is 5.35. The molecule has 0 bridgehead atoms. The molecule has 2 saturated heterocycles. The Bertz CT molecular complexity index is 989. The Morgan fingerprint density at radius 1 is 1.17 bits per heavy atom. The van der Waals surface area contributed by atoms with Crippen LogP contribution in [0.3, 0.4) is 0 Å². The maximum Gasteiger partial charge on any atom is 0.243 e. The van der Waals surface area contributed by atoms with Gasteiger partial charge in [-0.1, -0.05) is 53.9 Å². The topological polar surface area (TPSA) is 104 Å². The third-order valence-corrected chi connectivity index (χ3v) is 6.22. The van der Waals surface area contributed by atoms with Crippen molar-refractivity contribution in [1.29, 1.82) is 0 Å². The molecule has 8 nitrogen and oxygen atoms in total. The number of carbonyl (C=O) groups is 3. The second kappa shape index (κ2) is 8.66. The molecule has 1 N–H and O–H groups in total. The first-order chi connectivity index (χ1) is 14.1. The van der Waals surface area contributed by atoms with Crippen LogP contribution in [0.25, 0.3) is 0 Å². The molecule has 0 radical (unpaired) electrons. The number of benzene rings is 1. The first kappa shape index (κ1) is 19.5. The predicted octanol–water partition coefficient (Wildman–Crippen LogP) is 2.49. The molecule has 2 aliphatic heterocycles. The molecule has 0 saturated carbocycles. The van der Waals surface area contributed by atoms with Gasteiger partial charge in [0, 0.05) is 12.0 Å². The van der Waals surface area contributed by atoms with Gasteiger partial charge in [0.25, 0.3) is 0 Å². The summed E-state index contributed by atoms with van der Waals surface area (Å²) in [5.74, 6) is 0.416. The van der Waals surface area contributed by atoms with E-state index < -0.39 is 5.25 Å². The number of thioether (sulfide) groups is 2. The molecule has 0 spiro atoms. The van der Waals surface area contributed by atoms with Crippen LogP contribution in [0.4, 0.5) is 0 Å². The molecule has 148 valence electrons. The van der Waals surface area contributed by atoms with Crippen molar-refractivity contribution in [3.63, 3.8) is 0 Å². The smallest absolute Gasteiger partial charge is 0.243 e. The Hall–Kier alpha value is -2.85. The van der Waals surface area contributed by atoms with Gasteiger partial charge in [-0.2, -0.15) is 0 Å². The monoisotopic (exact) mass is 428 g/mol. The number of nitrogens with zero attached hydrogens (tertiary/aromatic N) is 3. The van der Waals surface area contributed by atoms with Gasteiger partial charge in [-0.05, 0) is 12.1 Å². The number of nitrogens with one attached hydrogen (secondary N) is 1. The lowest BCUT2D eigenvalue weighted by molar-refractivity contribution is -0.126. The summed E-state index contributed by atoms with van der Waals surface area (Å²) in [6.45, 7) is 0.193. The second-order valence-electron chi connectivity index (χ2n) is 6.23. The Morgan fingerprint density at radius 2 is 2.00 bits per heavy atom. The van der Waals surface area contributed by atoms with Crippen LogP contribution in [0.1, 0.15) is 22.5 Å². The molecule has 2 aromatic rings. The Morgan fingerprint density at radius 3 is 2.69 bits per heavy atom. The highest BCUT2D eigenvalue weighted by Crippen LogP contribution is 2.32. The van der Waals surface area contributed by atoms with Crippen molar-refractivity contribution in [3.8, 4) is 0 Å². The minimum absolute atomic E-state index is 0.0588. The van der Waals surface area contributed by atoms with Crippen LogP contribution in [0.2, 0.25) is 0 Å². The summed E-state index contributed by atoms with van der Waals surface area (Å²) in [6, 6.07) is 12.4. The van der Waals surface area contributed by atoms with Crippen molar-refractivity contribution in [2.24, 2.45) is 10.2 Å². The van der Waals surface area contributed by atoms with E-state index in [1.165, 1.54) is 34.7 Å². The molecule has 1 atom stereocenters. The molecule has 3 heterocycles. The molecule has 29 heavy (non-hydrogen) atoms. The molecule has 0 unspecified atom stereocenters. The van der Waals surface area contributed by atoms with Crippen LogP contribution >= 0.6 is 23.5 Å². The van der Waals surface area contributed by atoms with Gasteiger partial charge in [0.05, 0.1) is 23.8 Å². The number of furan rings is 1. The van der Waals surface area contributed by atoms with E-state index in [2.05, 4.69) is 15.5 Å². The Labute approximate surface area is 174 Å². The normalized spacial score (nSPS) is 21.9. The predicted molar refractivity (Wildman–Crippen MR) is 111 cm³/mol. The molecule has 4 rings (SSSR count). The molecule has 1 aromatic carbocycles.